The van der Waals surface area contributed by atoms with Crippen LogP contribution in [-0.2, 0) is 0 Å². The molecule has 0 aromatic heterocycles. The first-order chi connectivity index (χ1) is 19.2. The van der Waals surface area contributed by atoms with Gasteiger partial charge in [-0.3, -0.25) is 0 Å². The Kier molecular flexibility index (Phi) is 8.73. The number of likely N-dealkylation sites (N-methyl/N-ethyl adjacent to an activating group) is 1. The number of hydrogen-bond donors (Lipinski definition) is 0. The summed E-state index contributed by atoms with van der Waals surface area (Å²) in [4.78, 5) is 7.01. The molecule has 5 heteroatoms. The number of piperidine rings is 1. The lowest BCUT2D eigenvalue weighted by molar-refractivity contribution is 0.0836. The number of allylic oxidation sites excluding steroid dienone is 1. The van der Waals surface area contributed by atoms with Crippen molar-refractivity contribution in [1.29, 1.82) is 0 Å². The van der Waals surface area contributed by atoms with Gasteiger partial charge in [-0.05, 0) is 106 Å². The molecule has 2 saturated heterocycles. The molecule has 2 aromatic carbocycles. The molecule has 3 aliphatic rings. The van der Waals surface area contributed by atoms with Gasteiger partial charge in [0.25, 0.3) is 0 Å². The summed E-state index contributed by atoms with van der Waals surface area (Å²) < 4.78 is 20.1. The van der Waals surface area contributed by atoms with Crippen LogP contribution in [0.2, 0.25) is 0 Å². The lowest BCUT2D eigenvalue weighted by Gasteiger charge is -2.34. The molecule has 40 heavy (non-hydrogen) atoms. The van der Waals surface area contributed by atoms with E-state index in [4.69, 9.17) is 4.74 Å². The van der Waals surface area contributed by atoms with E-state index in [0.29, 0.717) is 18.5 Å². The zero-order valence-electron chi connectivity index (χ0n) is 24.9. The average molecular weight is 544 g/mol. The Hall–Kier alpha value is -3.01. The van der Waals surface area contributed by atoms with Gasteiger partial charge in [-0.1, -0.05) is 43.0 Å². The van der Waals surface area contributed by atoms with E-state index >= 15 is 0 Å². The predicted molar refractivity (Wildman–Crippen MR) is 164 cm³/mol. The third kappa shape index (κ3) is 7.00. The number of ether oxygens (including phenoxy) is 1. The molecule has 2 aliphatic heterocycles. The van der Waals surface area contributed by atoms with Crippen molar-refractivity contribution in [1.82, 2.24) is 14.7 Å². The molecular weight excluding hydrogens is 497 g/mol. The third-order valence-corrected chi connectivity index (χ3v) is 8.49. The van der Waals surface area contributed by atoms with Crippen LogP contribution in [0.15, 0.2) is 72.1 Å². The van der Waals surface area contributed by atoms with Crippen LogP contribution in [0.3, 0.4) is 0 Å². The van der Waals surface area contributed by atoms with Crippen molar-refractivity contribution in [3.05, 3.63) is 77.7 Å². The van der Waals surface area contributed by atoms with E-state index in [9.17, 15) is 4.39 Å². The Morgan fingerprint density at radius 2 is 1.60 bits per heavy atom. The fourth-order valence-corrected chi connectivity index (χ4v) is 6.39. The molecule has 214 valence electrons. The quantitative estimate of drug-likeness (QED) is 0.291. The molecule has 2 heterocycles. The first-order valence-corrected chi connectivity index (χ1v) is 15.0. The van der Waals surface area contributed by atoms with E-state index in [-0.39, 0.29) is 0 Å². The summed E-state index contributed by atoms with van der Waals surface area (Å²) in [6.45, 7) is 11.5. The van der Waals surface area contributed by atoms with E-state index in [1.54, 1.807) is 19.4 Å². The SMILES string of the molecule is C=C=C([C@H]1CCCN1C(=C1CC1)c1ccc(-c2ccc(OCC3CCN(CC(C)(C)F)CC3)cc2)cc1)N(C)C. The second-order valence-electron chi connectivity index (χ2n) is 12.6. The minimum absolute atomic E-state index is 0.345. The van der Waals surface area contributed by atoms with Crippen molar-refractivity contribution in [2.75, 3.05) is 46.9 Å². The summed E-state index contributed by atoms with van der Waals surface area (Å²) in [5, 5.41) is 0. The number of hydrogen-bond acceptors (Lipinski definition) is 4. The second kappa shape index (κ2) is 12.2. The van der Waals surface area contributed by atoms with Gasteiger partial charge in [0.2, 0.25) is 0 Å². The number of benzene rings is 2. The highest BCUT2D eigenvalue weighted by Gasteiger charge is 2.34. The van der Waals surface area contributed by atoms with Gasteiger partial charge in [-0.2, -0.15) is 0 Å². The van der Waals surface area contributed by atoms with E-state index in [1.807, 2.05) is 0 Å². The molecule has 1 saturated carbocycles. The van der Waals surface area contributed by atoms with Crippen LogP contribution in [-0.4, -0.2) is 73.3 Å². The largest absolute Gasteiger partial charge is 0.493 e. The zero-order chi connectivity index (χ0) is 28.3. The molecule has 5 rings (SSSR count). The molecule has 3 fully saturated rings. The van der Waals surface area contributed by atoms with Crippen molar-refractivity contribution in [2.45, 2.75) is 64.1 Å². The molecule has 0 amide bonds. The minimum Gasteiger partial charge on any atom is -0.493 e. The number of rotatable bonds is 10. The normalized spacial score (nSPS) is 19.9. The lowest BCUT2D eigenvalue weighted by Crippen LogP contribution is -2.41. The fraction of sp³-hybridized carbons (Fsp3) is 0.514. The molecule has 2 aromatic rings. The van der Waals surface area contributed by atoms with Crippen LogP contribution in [0.25, 0.3) is 16.8 Å². The molecule has 0 N–H and O–H groups in total. The van der Waals surface area contributed by atoms with Crippen molar-refractivity contribution in [3.8, 4) is 16.9 Å². The lowest BCUT2D eigenvalue weighted by atomic mass is 9.97. The van der Waals surface area contributed by atoms with Gasteiger partial charge in [0.05, 0.1) is 18.3 Å². The average Bonchev–Trinajstić information content (AvgIpc) is 3.66. The predicted octanol–water partition coefficient (Wildman–Crippen LogP) is 7.39. The standard InChI is InChI=1S/C35H46FN3O/c1-6-32(37(4)5)33-8-7-21-39(33)34(30-13-14-30)29-11-9-27(10-12-29)28-15-17-31(18-16-28)40-24-26-19-22-38(23-20-26)25-35(2,3)36/h9-12,15-18,26,33H,1,7-8,13-14,19-25H2,2-5H3/t33-/m1/s1. The number of nitrogens with zero attached hydrogens (tertiary/aromatic N) is 3. The van der Waals surface area contributed by atoms with Crippen LogP contribution in [0.4, 0.5) is 4.39 Å². The van der Waals surface area contributed by atoms with E-state index < -0.39 is 5.67 Å². The molecule has 0 unspecified atom stereocenters. The van der Waals surface area contributed by atoms with Gasteiger partial charge in [0.15, 0.2) is 0 Å². The van der Waals surface area contributed by atoms with E-state index in [2.05, 4.69) is 89.6 Å². The number of alkyl halides is 1. The molecule has 0 bridgehead atoms. The monoisotopic (exact) mass is 543 g/mol. The van der Waals surface area contributed by atoms with Crippen LogP contribution in [0.5, 0.6) is 5.75 Å². The number of halogens is 1. The molecule has 0 radical (unpaired) electrons. The maximum absolute atomic E-state index is 13.9. The summed E-state index contributed by atoms with van der Waals surface area (Å²) in [5.74, 6) is 1.45. The van der Waals surface area contributed by atoms with Gasteiger partial charge < -0.3 is 19.4 Å². The van der Waals surface area contributed by atoms with Crippen LogP contribution in [0.1, 0.15) is 57.9 Å². The Morgan fingerprint density at radius 1 is 0.975 bits per heavy atom. The highest BCUT2D eigenvalue weighted by atomic mass is 19.1. The Morgan fingerprint density at radius 3 is 2.15 bits per heavy atom. The van der Waals surface area contributed by atoms with Crippen LogP contribution >= 0.6 is 0 Å². The highest BCUT2D eigenvalue weighted by Crippen LogP contribution is 2.43. The van der Waals surface area contributed by atoms with E-state index in [0.717, 1.165) is 51.3 Å². The summed E-state index contributed by atoms with van der Waals surface area (Å²) in [6, 6.07) is 17.9. The Bertz CT molecular complexity index is 1220. The van der Waals surface area contributed by atoms with Gasteiger partial charge in [-0.15, -0.1) is 5.73 Å². The first kappa shape index (κ1) is 28.5. The van der Waals surface area contributed by atoms with Gasteiger partial charge in [0.1, 0.15) is 11.4 Å². The first-order valence-electron chi connectivity index (χ1n) is 15.0. The van der Waals surface area contributed by atoms with Crippen molar-refractivity contribution >= 4 is 5.70 Å². The topological polar surface area (TPSA) is 19.0 Å². The smallest absolute Gasteiger partial charge is 0.119 e. The van der Waals surface area contributed by atoms with Crippen molar-refractivity contribution in [2.24, 2.45) is 5.92 Å². The third-order valence-electron chi connectivity index (χ3n) is 8.49. The molecule has 0 spiro atoms. The maximum atomic E-state index is 13.9. The van der Waals surface area contributed by atoms with E-state index in [1.165, 1.54) is 47.3 Å². The zero-order valence-corrected chi connectivity index (χ0v) is 24.9. The van der Waals surface area contributed by atoms with Gasteiger partial charge >= 0.3 is 0 Å². The minimum atomic E-state index is -1.13. The van der Waals surface area contributed by atoms with Gasteiger partial charge in [-0.25, -0.2) is 4.39 Å². The van der Waals surface area contributed by atoms with Crippen LogP contribution < -0.4 is 4.74 Å². The van der Waals surface area contributed by atoms with Gasteiger partial charge in [0, 0.05) is 32.9 Å². The maximum Gasteiger partial charge on any atom is 0.119 e. The Labute approximate surface area is 240 Å². The number of likely N-dealkylation sites (tertiary alicyclic amines) is 2. The molecule has 1 atom stereocenters. The molecular formula is C35H46FN3O. The summed E-state index contributed by atoms with van der Waals surface area (Å²) in [5.41, 5.74) is 9.99. The van der Waals surface area contributed by atoms with Crippen molar-refractivity contribution < 1.29 is 9.13 Å². The Balaban J connectivity index is 1.19. The second-order valence-corrected chi connectivity index (χ2v) is 12.6. The summed E-state index contributed by atoms with van der Waals surface area (Å²) >= 11 is 0. The van der Waals surface area contributed by atoms with Crippen molar-refractivity contribution in [3.63, 3.8) is 0 Å². The highest BCUT2D eigenvalue weighted by molar-refractivity contribution is 5.74. The fourth-order valence-electron chi connectivity index (χ4n) is 6.39. The summed E-state index contributed by atoms with van der Waals surface area (Å²) in [7, 11) is 4.19. The van der Waals surface area contributed by atoms with Crippen LogP contribution in [0, 0.1) is 5.92 Å². The summed E-state index contributed by atoms with van der Waals surface area (Å²) in [6.07, 6.45) is 6.88. The molecule has 4 nitrogen and oxygen atoms in total. The molecule has 1 aliphatic carbocycles.